The molecule has 0 unspecified atom stereocenters. The predicted octanol–water partition coefficient (Wildman–Crippen LogP) is 5.27. The largest absolute Gasteiger partial charge is 0.573 e. The van der Waals surface area contributed by atoms with E-state index in [1.165, 1.54) is 12.1 Å². The van der Waals surface area contributed by atoms with Crippen molar-refractivity contribution < 1.29 is 26.3 Å². The van der Waals surface area contributed by atoms with Gasteiger partial charge in [0.2, 0.25) is 0 Å². The van der Waals surface area contributed by atoms with Crippen molar-refractivity contribution in [3.63, 3.8) is 0 Å². The number of nitrogens with one attached hydrogen (secondary N) is 1. The smallest absolute Gasteiger partial charge is 0.404 e. The SMILES string of the molecule is CC(C)c1ccc(NS(=O)(=O)c2ccccc2OC(F)(F)F)c(Br)c1. The number of sulfonamides is 1. The second-order valence-electron chi connectivity index (χ2n) is 5.49. The van der Waals surface area contributed by atoms with Crippen LogP contribution in [0.2, 0.25) is 0 Å². The Balaban J connectivity index is 2.38. The minimum Gasteiger partial charge on any atom is -0.404 e. The maximum absolute atomic E-state index is 12.5. The lowest BCUT2D eigenvalue weighted by Crippen LogP contribution is -2.21. The first-order valence-electron chi connectivity index (χ1n) is 7.16. The highest BCUT2D eigenvalue weighted by Crippen LogP contribution is 2.33. The molecule has 0 aliphatic rings. The third-order valence-electron chi connectivity index (χ3n) is 3.27. The van der Waals surface area contributed by atoms with Crippen molar-refractivity contribution in [2.24, 2.45) is 0 Å². The van der Waals surface area contributed by atoms with Crippen molar-refractivity contribution in [3.05, 3.63) is 52.5 Å². The summed E-state index contributed by atoms with van der Waals surface area (Å²) in [5.41, 5.74) is 1.20. The van der Waals surface area contributed by atoms with Crippen LogP contribution in [0.15, 0.2) is 51.8 Å². The maximum atomic E-state index is 12.5. The second-order valence-corrected chi connectivity index (χ2v) is 8.00. The molecule has 0 aromatic heterocycles. The summed E-state index contributed by atoms with van der Waals surface area (Å²) in [6.45, 7) is 3.96. The molecule has 0 spiro atoms. The zero-order valence-corrected chi connectivity index (χ0v) is 15.7. The lowest BCUT2D eigenvalue weighted by Gasteiger charge is -2.15. The Morgan fingerprint density at radius 3 is 2.32 bits per heavy atom. The Kier molecular flexibility index (Phi) is 5.68. The molecule has 1 N–H and O–H groups in total. The number of halogens is 4. The number of hydrogen-bond donors (Lipinski definition) is 1. The molecule has 0 saturated heterocycles. The van der Waals surface area contributed by atoms with Crippen molar-refractivity contribution >= 4 is 31.6 Å². The quantitative estimate of drug-likeness (QED) is 0.692. The van der Waals surface area contributed by atoms with E-state index in [0.29, 0.717) is 4.47 Å². The summed E-state index contributed by atoms with van der Waals surface area (Å²) in [6, 6.07) is 9.59. The molecule has 25 heavy (non-hydrogen) atoms. The molecular formula is C16H15BrF3NO3S. The van der Waals surface area contributed by atoms with Crippen molar-refractivity contribution in [1.29, 1.82) is 0 Å². The monoisotopic (exact) mass is 437 g/mol. The van der Waals surface area contributed by atoms with E-state index in [2.05, 4.69) is 25.4 Å². The van der Waals surface area contributed by atoms with E-state index in [4.69, 9.17) is 0 Å². The minimum atomic E-state index is -4.99. The molecule has 0 atom stereocenters. The molecule has 136 valence electrons. The number of hydrogen-bond acceptors (Lipinski definition) is 3. The van der Waals surface area contributed by atoms with Crippen LogP contribution < -0.4 is 9.46 Å². The third kappa shape index (κ3) is 5.12. The van der Waals surface area contributed by atoms with Gasteiger partial charge < -0.3 is 4.74 Å². The number of anilines is 1. The fourth-order valence-corrected chi connectivity index (χ4v) is 3.89. The average Bonchev–Trinajstić information content (AvgIpc) is 2.47. The molecule has 0 aliphatic carbocycles. The summed E-state index contributed by atoms with van der Waals surface area (Å²) in [7, 11) is -4.28. The zero-order valence-electron chi connectivity index (χ0n) is 13.3. The van der Waals surface area contributed by atoms with Gasteiger partial charge in [-0.05, 0) is 51.7 Å². The van der Waals surface area contributed by atoms with Gasteiger partial charge in [-0.2, -0.15) is 0 Å². The van der Waals surface area contributed by atoms with E-state index >= 15 is 0 Å². The van der Waals surface area contributed by atoms with Crippen LogP contribution in [-0.4, -0.2) is 14.8 Å². The van der Waals surface area contributed by atoms with Gasteiger partial charge in [-0.1, -0.05) is 32.0 Å². The second kappa shape index (κ2) is 7.25. The van der Waals surface area contributed by atoms with Crippen LogP contribution in [0.3, 0.4) is 0 Å². The first kappa shape index (κ1) is 19.6. The van der Waals surface area contributed by atoms with E-state index < -0.39 is 27.0 Å². The summed E-state index contributed by atoms with van der Waals surface area (Å²) in [4.78, 5) is -0.604. The molecule has 2 rings (SSSR count). The van der Waals surface area contributed by atoms with Gasteiger partial charge in [0.25, 0.3) is 10.0 Å². The van der Waals surface area contributed by atoms with Crippen molar-refractivity contribution in [2.45, 2.75) is 31.0 Å². The normalized spacial score (nSPS) is 12.3. The number of alkyl halides is 3. The molecule has 0 saturated carbocycles. The van der Waals surface area contributed by atoms with Crippen molar-refractivity contribution in [1.82, 2.24) is 0 Å². The van der Waals surface area contributed by atoms with E-state index in [-0.39, 0.29) is 11.6 Å². The van der Waals surface area contributed by atoms with Gasteiger partial charge in [-0.3, -0.25) is 4.72 Å². The van der Waals surface area contributed by atoms with Crippen molar-refractivity contribution in [3.8, 4) is 5.75 Å². The molecule has 0 bridgehead atoms. The van der Waals surface area contributed by atoms with Gasteiger partial charge in [-0.25, -0.2) is 8.42 Å². The first-order chi connectivity index (χ1) is 11.5. The predicted molar refractivity (Wildman–Crippen MR) is 92.2 cm³/mol. The summed E-state index contributed by atoms with van der Waals surface area (Å²) in [6.07, 6.45) is -4.99. The van der Waals surface area contributed by atoms with Gasteiger partial charge in [0.05, 0.1) is 5.69 Å². The lowest BCUT2D eigenvalue weighted by molar-refractivity contribution is -0.275. The van der Waals surface area contributed by atoms with E-state index in [0.717, 1.165) is 17.7 Å². The Hall–Kier alpha value is -1.74. The lowest BCUT2D eigenvalue weighted by atomic mass is 10.0. The standard InChI is InChI=1S/C16H15BrF3NO3S/c1-10(2)11-7-8-13(12(17)9-11)21-25(22,23)15-6-4-3-5-14(15)24-16(18,19)20/h3-10,21H,1-2H3. The highest BCUT2D eigenvalue weighted by Gasteiger charge is 2.34. The Labute approximate surface area is 152 Å². The molecular weight excluding hydrogens is 423 g/mol. The highest BCUT2D eigenvalue weighted by molar-refractivity contribution is 9.10. The average molecular weight is 438 g/mol. The summed E-state index contributed by atoms with van der Waals surface area (Å²) < 4.78 is 69.0. The fraction of sp³-hybridized carbons (Fsp3) is 0.250. The van der Waals surface area contributed by atoms with E-state index in [9.17, 15) is 21.6 Å². The molecule has 2 aromatic carbocycles. The molecule has 0 radical (unpaired) electrons. The Morgan fingerprint density at radius 1 is 1.12 bits per heavy atom. The molecule has 2 aromatic rings. The molecule has 9 heteroatoms. The van der Waals surface area contributed by atoms with E-state index in [1.807, 2.05) is 13.8 Å². The van der Waals surface area contributed by atoms with Crippen LogP contribution in [0, 0.1) is 0 Å². The number of rotatable bonds is 5. The van der Waals surface area contributed by atoms with E-state index in [1.54, 1.807) is 18.2 Å². The Bertz CT molecular complexity index is 867. The molecule has 0 amide bonds. The van der Waals surface area contributed by atoms with Crippen LogP contribution in [0.4, 0.5) is 18.9 Å². The van der Waals surface area contributed by atoms with Gasteiger partial charge in [-0.15, -0.1) is 13.2 Å². The third-order valence-corrected chi connectivity index (χ3v) is 5.33. The maximum Gasteiger partial charge on any atom is 0.573 e. The summed E-state index contributed by atoms with van der Waals surface area (Å²) in [5.74, 6) is -0.555. The molecule has 0 heterocycles. The van der Waals surface area contributed by atoms with Crippen molar-refractivity contribution in [2.75, 3.05) is 4.72 Å². The van der Waals surface area contributed by atoms with Crippen LogP contribution in [0.5, 0.6) is 5.75 Å². The highest BCUT2D eigenvalue weighted by atomic mass is 79.9. The summed E-state index contributed by atoms with van der Waals surface area (Å²) in [5, 5.41) is 0. The summed E-state index contributed by atoms with van der Waals surface area (Å²) >= 11 is 3.27. The van der Waals surface area contributed by atoms with Crippen LogP contribution in [0.25, 0.3) is 0 Å². The van der Waals surface area contributed by atoms with Gasteiger partial charge in [0.1, 0.15) is 10.6 Å². The number of para-hydroxylation sites is 1. The van der Waals surface area contributed by atoms with Crippen LogP contribution in [0.1, 0.15) is 25.3 Å². The molecule has 4 nitrogen and oxygen atoms in total. The number of benzene rings is 2. The van der Waals surface area contributed by atoms with Gasteiger partial charge in [0.15, 0.2) is 0 Å². The number of ether oxygens (including phenoxy) is 1. The molecule has 0 aliphatic heterocycles. The van der Waals surface area contributed by atoms with Gasteiger partial charge in [0, 0.05) is 4.47 Å². The van der Waals surface area contributed by atoms with Crippen LogP contribution >= 0.6 is 15.9 Å². The zero-order chi connectivity index (χ0) is 18.8. The molecule has 0 fully saturated rings. The first-order valence-corrected chi connectivity index (χ1v) is 9.44. The van der Waals surface area contributed by atoms with Crippen LogP contribution in [-0.2, 0) is 10.0 Å². The topological polar surface area (TPSA) is 55.4 Å². The van der Waals surface area contributed by atoms with Gasteiger partial charge >= 0.3 is 6.36 Å². The Morgan fingerprint density at radius 2 is 1.76 bits per heavy atom. The fourth-order valence-electron chi connectivity index (χ4n) is 2.05. The minimum absolute atomic E-state index is 0.214.